The van der Waals surface area contributed by atoms with Gasteiger partial charge in [0.1, 0.15) is 5.78 Å². The van der Waals surface area contributed by atoms with E-state index in [1.807, 2.05) is 54.6 Å². The van der Waals surface area contributed by atoms with E-state index in [4.69, 9.17) is 0 Å². The first-order chi connectivity index (χ1) is 11.7. The van der Waals surface area contributed by atoms with E-state index in [0.717, 1.165) is 30.4 Å². The Kier molecular flexibility index (Phi) is 5.24. The number of aryl methyl sites for hydroxylation is 1. The van der Waals surface area contributed by atoms with Crippen molar-refractivity contribution in [3.63, 3.8) is 0 Å². The molecule has 1 aliphatic rings. The lowest BCUT2D eigenvalue weighted by Crippen LogP contribution is -2.20. The van der Waals surface area contributed by atoms with E-state index in [1.54, 1.807) is 0 Å². The first kappa shape index (κ1) is 16.6. The number of benzene rings is 2. The van der Waals surface area contributed by atoms with Gasteiger partial charge in [-0.25, -0.2) is 0 Å². The van der Waals surface area contributed by atoms with Gasteiger partial charge in [-0.2, -0.15) is 0 Å². The molecule has 2 unspecified atom stereocenters. The standard InChI is InChI=1S/C22H24O2/c1-2-16-11-13-18(14-12-16)22(24)15-20(17-7-4-3-5-8-17)19-9-6-10-21(19)23/h3-5,7-8,11-14,19-20H,2,6,9-10,15H2,1H3. The molecule has 3 rings (SSSR count). The largest absolute Gasteiger partial charge is 0.299 e. The summed E-state index contributed by atoms with van der Waals surface area (Å²) in [5.41, 5.74) is 3.09. The van der Waals surface area contributed by atoms with Gasteiger partial charge in [-0.15, -0.1) is 0 Å². The number of carbonyl (C=O) groups excluding carboxylic acids is 2. The molecule has 124 valence electrons. The maximum absolute atomic E-state index is 12.8. The Morgan fingerprint density at radius 1 is 1.08 bits per heavy atom. The average molecular weight is 320 g/mol. The monoisotopic (exact) mass is 320 g/mol. The molecular formula is C22H24O2. The number of Topliss-reactive ketones (excluding diaryl/α,β-unsaturated/α-hetero) is 2. The number of ketones is 2. The van der Waals surface area contributed by atoms with Crippen LogP contribution < -0.4 is 0 Å². The van der Waals surface area contributed by atoms with Gasteiger partial charge in [-0.05, 0) is 30.4 Å². The van der Waals surface area contributed by atoms with Crippen LogP contribution in [0, 0.1) is 5.92 Å². The summed E-state index contributed by atoms with van der Waals surface area (Å²) in [6.07, 6.45) is 3.89. The Bertz CT molecular complexity index is 701. The predicted molar refractivity (Wildman–Crippen MR) is 96.3 cm³/mol. The zero-order valence-electron chi connectivity index (χ0n) is 14.2. The molecule has 0 bridgehead atoms. The first-order valence-electron chi connectivity index (χ1n) is 8.89. The summed E-state index contributed by atoms with van der Waals surface area (Å²) in [6.45, 7) is 2.11. The fraction of sp³-hybridized carbons (Fsp3) is 0.364. The summed E-state index contributed by atoms with van der Waals surface area (Å²) in [6, 6.07) is 17.9. The fourth-order valence-corrected chi connectivity index (χ4v) is 3.70. The van der Waals surface area contributed by atoms with Gasteiger partial charge in [0.05, 0.1) is 0 Å². The smallest absolute Gasteiger partial charge is 0.163 e. The van der Waals surface area contributed by atoms with Crippen molar-refractivity contribution in [1.29, 1.82) is 0 Å². The molecule has 24 heavy (non-hydrogen) atoms. The van der Waals surface area contributed by atoms with Crippen LogP contribution >= 0.6 is 0 Å². The minimum absolute atomic E-state index is 0.000415. The summed E-state index contributed by atoms with van der Waals surface area (Å²) in [5.74, 6) is 0.440. The van der Waals surface area contributed by atoms with Gasteiger partial charge in [0.2, 0.25) is 0 Å². The van der Waals surface area contributed by atoms with Crippen LogP contribution in [0.5, 0.6) is 0 Å². The van der Waals surface area contributed by atoms with E-state index in [0.29, 0.717) is 18.6 Å². The van der Waals surface area contributed by atoms with Gasteiger partial charge < -0.3 is 0 Å². The van der Waals surface area contributed by atoms with Gasteiger partial charge in [-0.1, -0.05) is 61.5 Å². The fourth-order valence-electron chi connectivity index (χ4n) is 3.70. The molecular weight excluding hydrogens is 296 g/mol. The maximum atomic E-state index is 12.8. The molecule has 2 heteroatoms. The molecule has 0 heterocycles. The number of carbonyl (C=O) groups is 2. The SMILES string of the molecule is CCc1ccc(C(=O)CC(c2ccccc2)C2CCCC2=O)cc1. The third-order valence-corrected chi connectivity index (χ3v) is 5.15. The van der Waals surface area contributed by atoms with Gasteiger partial charge in [-0.3, -0.25) is 9.59 Å². The van der Waals surface area contributed by atoms with Crippen LogP contribution in [0.25, 0.3) is 0 Å². The molecule has 0 amide bonds. The lowest BCUT2D eigenvalue weighted by Gasteiger charge is -2.22. The number of hydrogen-bond donors (Lipinski definition) is 0. The molecule has 0 aliphatic heterocycles. The van der Waals surface area contributed by atoms with Crippen LogP contribution in [-0.4, -0.2) is 11.6 Å². The number of hydrogen-bond acceptors (Lipinski definition) is 2. The molecule has 0 spiro atoms. The molecule has 2 aromatic rings. The van der Waals surface area contributed by atoms with E-state index >= 15 is 0 Å². The first-order valence-corrected chi connectivity index (χ1v) is 8.89. The predicted octanol–water partition coefficient (Wildman–Crippen LogP) is 4.97. The van der Waals surface area contributed by atoms with Gasteiger partial charge in [0.25, 0.3) is 0 Å². The van der Waals surface area contributed by atoms with Gasteiger partial charge in [0.15, 0.2) is 5.78 Å². The van der Waals surface area contributed by atoms with E-state index in [1.165, 1.54) is 5.56 Å². The van der Waals surface area contributed by atoms with Gasteiger partial charge >= 0.3 is 0 Å². The van der Waals surface area contributed by atoms with Crippen LogP contribution in [0.3, 0.4) is 0 Å². The molecule has 1 saturated carbocycles. The van der Waals surface area contributed by atoms with Crippen LogP contribution in [0.2, 0.25) is 0 Å². The van der Waals surface area contributed by atoms with Crippen molar-refractivity contribution in [3.8, 4) is 0 Å². The van der Waals surface area contributed by atoms with Crippen molar-refractivity contribution in [2.45, 2.75) is 44.9 Å². The van der Waals surface area contributed by atoms with Crippen LogP contribution in [0.15, 0.2) is 54.6 Å². The lowest BCUT2D eigenvalue weighted by atomic mass is 9.80. The Balaban J connectivity index is 1.83. The van der Waals surface area contributed by atoms with Gasteiger partial charge in [0, 0.05) is 30.2 Å². The summed E-state index contributed by atoms with van der Waals surface area (Å²) in [4.78, 5) is 25.1. The van der Waals surface area contributed by atoms with Crippen molar-refractivity contribution in [1.82, 2.24) is 0 Å². The minimum atomic E-state index is -0.00809. The summed E-state index contributed by atoms with van der Waals surface area (Å²) in [5, 5.41) is 0. The van der Waals surface area contributed by atoms with E-state index < -0.39 is 0 Å². The van der Waals surface area contributed by atoms with Crippen LogP contribution in [0.1, 0.15) is 60.0 Å². The van der Waals surface area contributed by atoms with Crippen molar-refractivity contribution in [3.05, 3.63) is 71.3 Å². The van der Waals surface area contributed by atoms with E-state index in [-0.39, 0.29) is 17.6 Å². The molecule has 1 fully saturated rings. The van der Waals surface area contributed by atoms with Crippen LogP contribution in [0.4, 0.5) is 0 Å². The topological polar surface area (TPSA) is 34.1 Å². The average Bonchev–Trinajstić information content (AvgIpc) is 3.06. The molecule has 0 saturated heterocycles. The second-order valence-electron chi connectivity index (χ2n) is 6.66. The Hall–Kier alpha value is -2.22. The van der Waals surface area contributed by atoms with Crippen molar-refractivity contribution in [2.75, 3.05) is 0 Å². The van der Waals surface area contributed by atoms with Crippen molar-refractivity contribution in [2.24, 2.45) is 5.92 Å². The summed E-state index contributed by atoms with van der Waals surface area (Å²) in [7, 11) is 0. The van der Waals surface area contributed by atoms with Crippen LogP contribution in [-0.2, 0) is 11.2 Å². The van der Waals surface area contributed by atoms with E-state index in [2.05, 4.69) is 6.92 Å². The highest BCUT2D eigenvalue weighted by molar-refractivity contribution is 5.97. The highest BCUT2D eigenvalue weighted by Crippen LogP contribution is 2.38. The zero-order chi connectivity index (χ0) is 16.9. The molecule has 2 nitrogen and oxygen atoms in total. The normalized spacial score (nSPS) is 18.5. The summed E-state index contributed by atoms with van der Waals surface area (Å²) < 4.78 is 0. The third kappa shape index (κ3) is 3.64. The highest BCUT2D eigenvalue weighted by Gasteiger charge is 2.34. The molecule has 0 radical (unpaired) electrons. The summed E-state index contributed by atoms with van der Waals surface area (Å²) >= 11 is 0. The molecule has 0 N–H and O–H groups in total. The quantitative estimate of drug-likeness (QED) is 0.704. The molecule has 0 aromatic heterocycles. The molecule has 2 aromatic carbocycles. The number of rotatable bonds is 6. The minimum Gasteiger partial charge on any atom is -0.299 e. The lowest BCUT2D eigenvalue weighted by molar-refractivity contribution is -0.121. The van der Waals surface area contributed by atoms with E-state index in [9.17, 15) is 9.59 Å². The van der Waals surface area contributed by atoms with Crippen molar-refractivity contribution < 1.29 is 9.59 Å². The highest BCUT2D eigenvalue weighted by atomic mass is 16.1. The second kappa shape index (κ2) is 7.57. The molecule has 2 atom stereocenters. The van der Waals surface area contributed by atoms with Crippen molar-refractivity contribution >= 4 is 11.6 Å². The molecule has 1 aliphatic carbocycles. The third-order valence-electron chi connectivity index (χ3n) is 5.15. The Labute approximate surface area is 143 Å². The Morgan fingerprint density at radius 2 is 1.79 bits per heavy atom. The zero-order valence-corrected chi connectivity index (χ0v) is 14.2. The Morgan fingerprint density at radius 3 is 2.38 bits per heavy atom. The second-order valence-corrected chi connectivity index (χ2v) is 6.66. The maximum Gasteiger partial charge on any atom is 0.163 e.